The van der Waals surface area contributed by atoms with Crippen LogP contribution in [0.5, 0.6) is 0 Å². The number of benzene rings is 2. The molecule has 0 spiro atoms. The Morgan fingerprint density at radius 2 is 1.89 bits per heavy atom. The molecule has 0 bridgehead atoms. The molecule has 0 heterocycles. The van der Waals surface area contributed by atoms with Gasteiger partial charge in [0.1, 0.15) is 5.82 Å². The maximum absolute atomic E-state index is 14.0. The van der Waals surface area contributed by atoms with E-state index in [1.54, 1.807) is 6.07 Å². The Bertz CT molecular complexity index is 1150. The molecule has 2 aromatic rings. The second-order valence-electron chi connectivity index (χ2n) is 8.56. The van der Waals surface area contributed by atoms with Crippen LogP contribution in [0.3, 0.4) is 0 Å². The summed E-state index contributed by atoms with van der Waals surface area (Å²) in [5, 5.41) is 4.55. The van der Waals surface area contributed by atoms with Crippen molar-refractivity contribution in [2.45, 2.75) is 53.4 Å². The zero-order valence-corrected chi connectivity index (χ0v) is 23.9. The van der Waals surface area contributed by atoms with Crippen molar-refractivity contribution in [1.82, 2.24) is 5.32 Å². The Balaban J connectivity index is 0.00000222. The first-order valence-electron chi connectivity index (χ1n) is 12.7. The number of halogens is 3. The molecule has 2 aromatic carbocycles. The van der Waals surface area contributed by atoms with Crippen LogP contribution in [0.1, 0.15) is 56.7 Å². The molecule has 2 nitrogen and oxygen atoms in total. The molecule has 1 unspecified atom stereocenters. The van der Waals surface area contributed by atoms with Gasteiger partial charge in [-0.2, -0.15) is 0 Å². The van der Waals surface area contributed by atoms with E-state index in [1.807, 2.05) is 32.1 Å². The van der Waals surface area contributed by atoms with Crippen LogP contribution >= 0.6 is 23.2 Å². The van der Waals surface area contributed by atoms with Crippen LogP contribution in [-0.4, -0.2) is 20.1 Å². The third-order valence-corrected chi connectivity index (χ3v) is 7.03. The highest BCUT2D eigenvalue weighted by Gasteiger charge is 2.27. The summed E-state index contributed by atoms with van der Waals surface area (Å²) in [4.78, 5) is 2.24. The van der Waals surface area contributed by atoms with Crippen molar-refractivity contribution in [1.29, 1.82) is 0 Å². The summed E-state index contributed by atoms with van der Waals surface area (Å²) < 4.78 is 14.0. The second kappa shape index (κ2) is 14.3. The van der Waals surface area contributed by atoms with Crippen LogP contribution in [0.15, 0.2) is 83.1 Å². The number of nitrogens with one attached hydrogen (secondary N) is 1. The quantitative estimate of drug-likeness (QED) is 0.349. The topological polar surface area (TPSA) is 15.3 Å². The molecule has 0 aromatic heterocycles. The third-order valence-electron chi connectivity index (χ3n) is 6.36. The van der Waals surface area contributed by atoms with Crippen molar-refractivity contribution in [3.05, 3.63) is 111 Å². The number of rotatable bonds is 9. The number of aryl methyl sites for hydroxylation is 1. The molecule has 0 amide bonds. The predicted molar refractivity (Wildman–Crippen MR) is 157 cm³/mol. The number of allylic oxidation sites excluding steroid dienone is 5. The summed E-state index contributed by atoms with van der Waals surface area (Å²) in [6, 6.07) is 11.0. The number of hydrogen-bond acceptors (Lipinski definition) is 2. The number of hydrogen-bond donors (Lipinski definition) is 1. The van der Waals surface area contributed by atoms with E-state index >= 15 is 0 Å². The van der Waals surface area contributed by atoms with Gasteiger partial charge < -0.3 is 10.2 Å². The highest BCUT2D eigenvalue weighted by molar-refractivity contribution is 6.31. The van der Waals surface area contributed by atoms with Crippen molar-refractivity contribution in [2.24, 2.45) is 0 Å². The summed E-state index contributed by atoms with van der Waals surface area (Å²) in [6.45, 7) is 16.5. The molecule has 194 valence electrons. The molecule has 1 N–H and O–H groups in total. The molecule has 0 radical (unpaired) electrons. The molecule has 0 fully saturated rings. The molecule has 5 heteroatoms. The van der Waals surface area contributed by atoms with Crippen LogP contribution in [0.4, 0.5) is 10.1 Å². The SMILES string of the molecule is C=C(C1=C(Cl)CC=CC=C1NCC)C(Cc1c(C)cccc1N(C)CC)c1ccc(F)cc1Cl.CC. The molecule has 1 aliphatic rings. The van der Waals surface area contributed by atoms with E-state index < -0.39 is 0 Å². The van der Waals surface area contributed by atoms with Crippen LogP contribution in [-0.2, 0) is 6.42 Å². The van der Waals surface area contributed by atoms with Crippen molar-refractivity contribution < 1.29 is 4.39 Å². The van der Waals surface area contributed by atoms with E-state index in [9.17, 15) is 4.39 Å². The number of likely N-dealkylation sites (N-methyl/N-ethyl adjacent to an activating group) is 1. The molecular formula is C31H39Cl2FN2. The van der Waals surface area contributed by atoms with Gasteiger partial charge >= 0.3 is 0 Å². The average molecular weight is 530 g/mol. The van der Waals surface area contributed by atoms with Crippen molar-refractivity contribution in [2.75, 3.05) is 25.0 Å². The standard InChI is InChI=1S/C29H33Cl2FN2.C2H6/c1-6-33-27-13-9-8-12-25(30)29(27)20(4)24(22-16-15-21(32)17-26(22)31)18-23-19(3)11-10-14-28(23)34(5)7-2;1-2/h8-11,13-17,24,33H,4,6-7,12,18H2,1-3,5H3;1-2H3. The molecule has 3 rings (SSSR count). The minimum atomic E-state index is -0.357. The number of nitrogens with zero attached hydrogens (tertiary/aromatic N) is 1. The lowest BCUT2D eigenvalue weighted by atomic mass is 9.80. The molecule has 36 heavy (non-hydrogen) atoms. The van der Waals surface area contributed by atoms with Crippen LogP contribution in [0, 0.1) is 12.7 Å². The van der Waals surface area contributed by atoms with Gasteiger partial charge in [0.2, 0.25) is 0 Å². The van der Waals surface area contributed by atoms with Gasteiger partial charge in [-0.15, -0.1) is 0 Å². The van der Waals surface area contributed by atoms with E-state index in [0.717, 1.165) is 40.5 Å². The van der Waals surface area contributed by atoms with E-state index in [2.05, 4.69) is 62.8 Å². The molecular weight excluding hydrogens is 490 g/mol. The monoisotopic (exact) mass is 528 g/mol. The van der Waals surface area contributed by atoms with Crippen LogP contribution in [0.2, 0.25) is 5.02 Å². The Kier molecular flexibility index (Phi) is 11.8. The smallest absolute Gasteiger partial charge is 0.124 e. The Hall–Kier alpha value is -2.49. The maximum Gasteiger partial charge on any atom is 0.124 e. The summed E-state index contributed by atoms with van der Waals surface area (Å²) in [6.07, 6.45) is 7.37. The largest absolute Gasteiger partial charge is 0.385 e. The Labute approximate surface area is 227 Å². The second-order valence-corrected chi connectivity index (χ2v) is 9.42. The van der Waals surface area contributed by atoms with Gasteiger partial charge in [0, 0.05) is 59.5 Å². The fraction of sp³-hybridized carbons (Fsp3) is 0.355. The van der Waals surface area contributed by atoms with E-state index in [1.165, 1.54) is 28.9 Å². The first-order valence-corrected chi connectivity index (χ1v) is 13.5. The molecule has 0 saturated heterocycles. The van der Waals surface area contributed by atoms with E-state index in [0.29, 0.717) is 17.9 Å². The lowest BCUT2D eigenvalue weighted by Gasteiger charge is -2.29. The van der Waals surface area contributed by atoms with Gasteiger partial charge in [0.25, 0.3) is 0 Å². The first-order chi connectivity index (χ1) is 17.3. The zero-order chi connectivity index (χ0) is 26.8. The van der Waals surface area contributed by atoms with Crippen molar-refractivity contribution in [3.63, 3.8) is 0 Å². The normalized spacial score (nSPS) is 13.9. The summed E-state index contributed by atoms with van der Waals surface area (Å²) >= 11 is 13.5. The van der Waals surface area contributed by atoms with E-state index in [4.69, 9.17) is 23.2 Å². The van der Waals surface area contributed by atoms with E-state index in [-0.39, 0.29) is 11.7 Å². The van der Waals surface area contributed by atoms with Crippen molar-refractivity contribution >= 4 is 28.9 Å². The summed E-state index contributed by atoms with van der Waals surface area (Å²) in [5.41, 5.74) is 7.12. The van der Waals surface area contributed by atoms with Crippen LogP contribution < -0.4 is 10.2 Å². The highest BCUT2D eigenvalue weighted by Crippen LogP contribution is 2.42. The van der Waals surface area contributed by atoms with Gasteiger partial charge in [-0.05, 0) is 73.7 Å². The minimum absolute atomic E-state index is 0.192. The summed E-state index contributed by atoms with van der Waals surface area (Å²) in [5.74, 6) is -0.549. The number of anilines is 1. The van der Waals surface area contributed by atoms with Gasteiger partial charge in [0.05, 0.1) is 0 Å². The Morgan fingerprint density at radius 3 is 2.53 bits per heavy atom. The molecule has 1 aliphatic carbocycles. The maximum atomic E-state index is 14.0. The zero-order valence-electron chi connectivity index (χ0n) is 22.4. The van der Waals surface area contributed by atoms with Gasteiger partial charge in [0.15, 0.2) is 0 Å². The van der Waals surface area contributed by atoms with Gasteiger partial charge in [-0.25, -0.2) is 4.39 Å². The minimum Gasteiger partial charge on any atom is -0.385 e. The van der Waals surface area contributed by atoms with Gasteiger partial charge in [-0.1, -0.05) is 74.0 Å². The molecule has 0 saturated carbocycles. The Morgan fingerprint density at radius 1 is 1.17 bits per heavy atom. The first kappa shape index (κ1) is 29.7. The molecule has 0 aliphatic heterocycles. The third kappa shape index (κ3) is 7.05. The molecule has 1 atom stereocenters. The average Bonchev–Trinajstić information content (AvgIpc) is 3.05. The predicted octanol–water partition coefficient (Wildman–Crippen LogP) is 9.10. The summed E-state index contributed by atoms with van der Waals surface area (Å²) in [7, 11) is 2.09. The fourth-order valence-electron chi connectivity index (χ4n) is 4.42. The lowest BCUT2D eigenvalue weighted by Crippen LogP contribution is -2.21. The van der Waals surface area contributed by atoms with Gasteiger partial charge in [-0.3, -0.25) is 0 Å². The van der Waals surface area contributed by atoms with Crippen molar-refractivity contribution in [3.8, 4) is 0 Å². The fourth-order valence-corrected chi connectivity index (χ4v) is 5.03. The lowest BCUT2D eigenvalue weighted by molar-refractivity contribution is 0.626. The van der Waals surface area contributed by atoms with Crippen LogP contribution in [0.25, 0.3) is 0 Å². The highest BCUT2D eigenvalue weighted by atomic mass is 35.5.